The zero-order chi connectivity index (χ0) is 33.8. The third kappa shape index (κ3) is 11.5. The zero-order valence-corrected chi connectivity index (χ0v) is 31.6. The molecule has 0 aliphatic carbocycles. The van der Waals surface area contributed by atoms with Crippen molar-refractivity contribution in [3.8, 4) is 6.07 Å². The molecule has 2 fully saturated rings. The van der Waals surface area contributed by atoms with Gasteiger partial charge in [-0.3, -0.25) is 4.79 Å². The minimum absolute atomic E-state index is 0.0616. The standard InChI is InChI=1S/C23H25BrCl2N4O.C13H19BrN2/c1-28(22(15-29-11-2-3-12-29)17-4-6-18(24)7-5-17)23(31)16-30(13-10-27)19-8-9-20(25)21(26)14-19;14-13-5-3-11(4-6-13)12(9-15)10-16-7-1-2-8-16/h4-9,14,22H,2-3,11-13,15-16H2,1H3;3-6,12H,1-2,7-10,15H2/t22-;12-/m01/s1. The van der Waals surface area contributed by atoms with Crippen molar-refractivity contribution in [3.05, 3.63) is 96.8 Å². The van der Waals surface area contributed by atoms with Crippen molar-refractivity contribution in [2.75, 3.05) is 70.9 Å². The molecular formula is C36H44Br2Cl2N6O. The van der Waals surface area contributed by atoms with Crippen LogP contribution >= 0.6 is 55.1 Å². The molecule has 5 rings (SSSR count). The number of carbonyl (C=O) groups excluding carboxylic acids is 1. The van der Waals surface area contributed by atoms with Crippen molar-refractivity contribution < 1.29 is 4.79 Å². The number of likely N-dealkylation sites (N-methyl/N-ethyl adjacent to an activating group) is 1. The number of amides is 1. The van der Waals surface area contributed by atoms with E-state index in [1.807, 2.05) is 19.2 Å². The van der Waals surface area contributed by atoms with E-state index in [4.69, 9.17) is 28.9 Å². The van der Waals surface area contributed by atoms with Gasteiger partial charge < -0.3 is 25.3 Å². The first-order valence-corrected chi connectivity index (χ1v) is 18.5. The van der Waals surface area contributed by atoms with Crippen molar-refractivity contribution in [2.45, 2.75) is 37.6 Å². The van der Waals surface area contributed by atoms with Crippen LogP contribution in [0.15, 0.2) is 75.7 Å². The number of hydrogen-bond acceptors (Lipinski definition) is 6. The molecule has 3 aromatic carbocycles. The Morgan fingerprint density at radius 1 is 0.851 bits per heavy atom. The molecule has 2 heterocycles. The van der Waals surface area contributed by atoms with Crippen LogP contribution in [0.1, 0.15) is 48.8 Å². The Kier molecular flexibility index (Phi) is 15.3. The molecule has 0 spiro atoms. The minimum Gasteiger partial charge on any atom is -0.349 e. The number of benzene rings is 3. The number of carbonyl (C=O) groups is 1. The van der Waals surface area contributed by atoms with Crippen LogP contribution in [0.4, 0.5) is 5.69 Å². The molecule has 0 unspecified atom stereocenters. The summed E-state index contributed by atoms with van der Waals surface area (Å²) in [5, 5.41) is 10.1. The molecule has 0 saturated carbocycles. The molecule has 2 N–H and O–H groups in total. The lowest BCUT2D eigenvalue weighted by Crippen LogP contribution is -2.43. The summed E-state index contributed by atoms with van der Waals surface area (Å²) >= 11 is 19.1. The number of hydrogen-bond donors (Lipinski definition) is 1. The van der Waals surface area contributed by atoms with Crippen LogP contribution in [-0.2, 0) is 4.79 Å². The lowest BCUT2D eigenvalue weighted by molar-refractivity contribution is -0.131. The number of nitrogens with zero attached hydrogens (tertiary/aromatic N) is 5. The van der Waals surface area contributed by atoms with Crippen LogP contribution in [0.25, 0.3) is 0 Å². The highest BCUT2D eigenvalue weighted by Gasteiger charge is 2.27. The van der Waals surface area contributed by atoms with Gasteiger partial charge >= 0.3 is 0 Å². The van der Waals surface area contributed by atoms with Crippen LogP contribution in [0.2, 0.25) is 10.0 Å². The Bertz CT molecular complexity index is 1460. The summed E-state index contributed by atoms with van der Waals surface area (Å²) in [7, 11) is 1.84. The highest BCUT2D eigenvalue weighted by atomic mass is 79.9. The van der Waals surface area contributed by atoms with Crippen LogP contribution in [0.3, 0.4) is 0 Å². The quantitative estimate of drug-likeness (QED) is 0.187. The van der Waals surface area contributed by atoms with Gasteiger partial charge in [-0.1, -0.05) is 79.3 Å². The summed E-state index contributed by atoms with van der Waals surface area (Å²) in [6.07, 6.45) is 5.07. The molecule has 2 saturated heterocycles. The number of nitrogens with two attached hydrogens (primary N) is 1. The van der Waals surface area contributed by atoms with Crippen LogP contribution in [0.5, 0.6) is 0 Å². The highest BCUT2D eigenvalue weighted by molar-refractivity contribution is 9.10. The van der Waals surface area contributed by atoms with Gasteiger partial charge in [0.05, 0.1) is 28.7 Å². The first-order valence-electron chi connectivity index (χ1n) is 16.2. The smallest absolute Gasteiger partial charge is 0.242 e. The predicted molar refractivity (Wildman–Crippen MR) is 201 cm³/mol. The topological polar surface area (TPSA) is 79.8 Å². The maximum Gasteiger partial charge on any atom is 0.242 e. The molecule has 2 aliphatic heterocycles. The summed E-state index contributed by atoms with van der Waals surface area (Å²) in [5.74, 6) is 0.416. The Hall–Kier alpha value is -2.16. The fourth-order valence-corrected chi connectivity index (χ4v) is 6.95. The largest absolute Gasteiger partial charge is 0.349 e. The van der Waals surface area contributed by atoms with E-state index < -0.39 is 0 Å². The van der Waals surface area contributed by atoms with Crippen molar-refractivity contribution in [1.82, 2.24) is 14.7 Å². The second-order valence-corrected chi connectivity index (χ2v) is 14.8. The lowest BCUT2D eigenvalue weighted by Gasteiger charge is -2.33. The fraction of sp³-hybridized carbons (Fsp3) is 0.444. The monoisotopic (exact) mass is 804 g/mol. The molecule has 1 amide bonds. The van der Waals surface area contributed by atoms with Gasteiger partial charge in [0.2, 0.25) is 5.91 Å². The average Bonchev–Trinajstić information content (AvgIpc) is 3.79. The van der Waals surface area contributed by atoms with E-state index in [0.29, 0.717) is 21.7 Å². The van der Waals surface area contributed by atoms with Crippen molar-refractivity contribution in [2.24, 2.45) is 5.73 Å². The van der Waals surface area contributed by atoms with E-state index in [-0.39, 0.29) is 25.0 Å². The van der Waals surface area contributed by atoms with Crippen LogP contribution in [-0.4, -0.2) is 86.6 Å². The molecule has 0 radical (unpaired) electrons. The van der Waals surface area contributed by atoms with Gasteiger partial charge in [0, 0.05) is 47.2 Å². The summed E-state index contributed by atoms with van der Waals surface area (Å²) in [6.45, 7) is 7.38. The molecule has 2 aliphatic rings. The lowest BCUT2D eigenvalue weighted by atomic mass is 9.99. The Labute approximate surface area is 306 Å². The summed E-state index contributed by atoms with van der Waals surface area (Å²) in [6, 6.07) is 23.9. The molecule has 0 bridgehead atoms. The normalized spacial score (nSPS) is 16.2. The summed E-state index contributed by atoms with van der Waals surface area (Å²) < 4.78 is 2.14. The van der Waals surface area contributed by atoms with E-state index in [1.165, 1.54) is 44.3 Å². The fourth-order valence-electron chi connectivity index (χ4n) is 6.13. The van der Waals surface area contributed by atoms with Gasteiger partial charge in [0.1, 0.15) is 6.54 Å². The van der Waals surface area contributed by atoms with Crippen LogP contribution in [0, 0.1) is 11.3 Å². The number of nitriles is 1. The molecule has 7 nitrogen and oxygen atoms in total. The molecular weight excluding hydrogens is 763 g/mol. The van der Waals surface area contributed by atoms with E-state index >= 15 is 0 Å². The van der Waals surface area contributed by atoms with E-state index in [1.54, 1.807) is 28.0 Å². The first-order chi connectivity index (χ1) is 22.7. The predicted octanol–water partition coefficient (Wildman–Crippen LogP) is 7.97. The Morgan fingerprint density at radius 2 is 1.38 bits per heavy atom. The molecule has 3 aromatic rings. The van der Waals surface area contributed by atoms with Crippen molar-refractivity contribution >= 4 is 66.7 Å². The van der Waals surface area contributed by atoms with Gasteiger partial charge in [-0.2, -0.15) is 5.26 Å². The average molecular weight is 808 g/mol. The van der Waals surface area contributed by atoms with Gasteiger partial charge in [0.15, 0.2) is 0 Å². The first kappa shape index (κ1) is 37.7. The Balaban J connectivity index is 0.000000261. The third-order valence-corrected chi connectivity index (χ3v) is 10.7. The van der Waals surface area contributed by atoms with Crippen LogP contribution < -0.4 is 10.6 Å². The van der Waals surface area contributed by atoms with Gasteiger partial charge in [0.25, 0.3) is 0 Å². The molecule has 252 valence electrons. The van der Waals surface area contributed by atoms with Gasteiger partial charge in [-0.15, -0.1) is 0 Å². The molecule has 2 atom stereocenters. The van der Waals surface area contributed by atoms with Crippen molar-refractivity contribution in [3.63, 3.8) is 0 Å². The Morgan fingerprint density at radius 3 is 1.89 bits per heavy atom. The minimum atomic E-state index is -0.0727. The zero-order valence-electron chi connectivity index (χ0n) is 26.9. The SMILES string of the molecule is CN(C(=O)CN(CC#N)c1ccc(Cl)c(Cl)c1)[C@@H](CN1CCCC1)c1ccc(Br)cc1.NC[C@H](CN1CCCC1)c1ccc(Br)cc1. The second-order valence-electron chi connectivity index (χ2n) is 12.2. The van der Waals surface area contributed by atoms with E-state index in [2.05, 4.69) is 84.1 Å². The number of anilines is 1. The summed E-state index contributed by atoms with van der Waals surface area (Å²) in [4.78, 5) is 21.7. The number of likely N-dealkylation sites (tertiary alicyclic amines) is 2. The molecule has 47 heavy (non-hydrogen) atoms. The third-order valence-electron chi connectivity index (χ3n) is 8.90. The number of rotatable bonds is 12. The number of halogens is 4. The highest BCUT2D eigenvalue weighted by Crippen LogP contribution is 2.29. The summed E-state index contributed by atoms with van der Waals surface area (Å²) in [5.41, 5.74) is 9.02. The van der Waals surface area contributed by atoms with E-state index in [0.717, 1.165) is 47.2 Å². The van der Waals surface area contributed by atoms with Gasteiger partial charge in [-0.25, -0.2) is 0 Å². The van der Waals surface area contributed by atoms with E-state index in [9.17, 15) is 10.1 Å². The molecule has 11 heteroatoms. The maximum atomic E-state index is 13.3. The maximum absolute atomic E-state index is 13.3. The van der Waals surface area contributed by atoms with Crippen molar-refractivity contribution in [1.29, 1.82) is 5.26 Å². The second kappa shape index (κ2) is 19.1. The molecule has 0 aromatic heterocycles. The van der Waals surface area contributed by atoms with Gasteiger partial charge in [-0.05, 0) is 105 Å².